The number of hydrogen-bond donors (Lipinski definition) is 2. The van der Waals surface area contributed by atoms with Crippen molar-refractivity contribution in [1.29, 1.82) is 0 Å². The van der Waals surface area contributed by atoms with Crippen LogP contribution in [0.15, 0.2) is 4.34 Å². The topological polar surface area (TPSA) is 80.9 Å². The molecule has 5 nitrogen and oxygen atoms in total. The number of hydrogen-bond acceptors (Lipinski definition) is 6. The van der Waals surface area contributed by atoms with E-state index in [1.807, 2.05) is 0 Å². The molecule has 1 saturated carbocycles. The van der Waals surface area contributed by atoms with Crippen LogP contribution < -0.4 is 11.1 Å². The van der Waals surface area contributed by atoms with Gasteiger partial charge in [-0.3, -0.25) is 4.79 Å². The molecule has 0 spiro atoms. The molecule has 0 radical (unpaired) electrons. The van der Waals surface area contributed by atoms with Crippen molar-refractivity contribution in [2.75, 3.05) is 5.32 Å². The van der Waals surface area contributed by atoms with Gasteiger partial charge in [0.15, 0.2) is 4.34 Å². The Morgan fingerprint density at radius 2 is 2.17 bits per heavy atom. The fourth-order valence-corrected chi connectivity index (χ4v) is 3.87. The molecule has 0 saturated heterocycles. The summed E-state index contributed by atoms with van der Waals surface area (Å²) in [5.41, 5.74) is 5.22. The van der Waals surface area contributed by atoms with Crippen molar-refractivity contribution in [3.05, 3.63) is 0 Å². The minimum atomic E-state index is -0.322. The van der Waals surface area contributed by atoms with Gasteiger partial charge in [0.2, 0.25) is 11.0 Å². The standard InChI is InChI=1S/C11H18N4OS2/c1-7(9(12)16)17-11-15-14-10(18-11)13-8-5-3-2-4-6-8/h7-8H,2-6H2,1H3,(H2,12,16)(H,13,14)/t7-/m1/s1. The minimum Gasteiger partial charge on any atom is -0.369 e. The molecule has 1 aliphatic rings. The zero-order valence-corrected chi connectivity index (χ0v) is 12.0. The molecule has 0 unspecified atom stereocenters. The molecule has 1 aromatic heterocycles. The van der Waals surface area contributed by atoms with Crippen LogP contribution in [0.5, 0.6) is 0 Å². The van der Waals surface area contributed by atoms with Gasteiger partial charge in [-0.2, -0.15) is 0 Å². The van der Waals surface area contributed by atoms with Gasteiger partial charge in [-0.15, -0.1) is 10.2 Å². The average molecular weight is 286 g/mol. The predicted molar refractivity (Wildman–Crippen MR) is 74.9 cm³/mol. The molecule has 1 atom stereocenters. The Labute approximate surface area is 115 Å². The number of nitrogens with two attached hydrogens (primary N) is 1. The highest BCUT2D eigenvalue weighted by molar-refractivity contribution is 8.02. The Morgan fingerprint density at radius 1 is 1.44 bits per heavy atom. The van der Waals surface area contributed by atoms with Gasteiger partial charge < -0.3 is 11.1 Å². The molecular formula is C11H18N4OS2. The molecule has 18 heavy (non-hydrogen) atoms. The highest BCUT2D eigenvalue weighted by Crippen LogP contribution is 2.30. The summed E-state index contributed by atoms with van der Waals surface area (Å²) in [5.74, 6) is -0.322. The molecule has 1 amide bonds. The molecule has 7 heteroatoms. The van der Waals surface area contributed by atoms with Crippen LogP contribution in [0, 0.1) is 0 Å². The van der Waals surface area contributed by atoms with E-state index in [9.17, 15) is 4.79 Å². The van der Waals surface area contributed by atoms with Gasteiger partial charge in [0, 0.05) is 6.04 Å². The third-order valence-electron chi connectivity index (χ3n) is 3.02. The number of rotatable bonds is 5. The van der Waals surface area contributed by atoms with Crippen molar-refractivity contribution >= 4 is 34.1 Å². The average Bonchev–Trinajstić information content (AvgIpc) is 2.77. The summed E-state index contributed by atoms with van der Waals surface area (Å²) >= 11 is 2.86. The second kappa shape index (κ2) is 6.38. The second-order valence-electron chi connectivity index (χ2n) is 4.51. The van der Waals surface area contributed by atoms with E-state index in [1.54, 1.807) is 6.92 Å². The molecule has 100 valence electrons. The minimum absolute atomic E-state index is 0.263. The quantitative estimate of drug-likeness (QED) is 0.811. The maximum atomic E-state index is 11.0. The van der Waals surface area contributed by atoms with Gasteiger partial charge in [0.1, 0.15) is 0 Å². The molecular weight excluding hydrogens is 268 g/mol. The first-order valence-electron chi connectivity index (χ1n) is 6.21. The highest BCUT2D eigenvalue weighted by Gasteiger charge is 2.17. The third kappa shape index (κ3) is 3.84. The van der Waals surface area contributed by atoms with Crippen molar-refractivity contribution in [1.82, 2.24) is 10.2 Å². The molecule has 0 aliphatic heterocycles. The van der Waals surface area contributed by atoms with Gasteiger partial charge in [0.05, 0.1) is 5.25 Å². The lowest BCUT2D eigenvalue weighted by atomic mass is 9.96. The lowest BCUT2D eigenvalue weighted by Crippen LogP contribution is -2.22. The summed E-state index contributed by atoms with van der Waals surface area (Å²) in [4.78, 5) is 11.0. The normalized spacial score (nSPS) is 18.5. The molecule has 0 aromatic carbocycles. The van der Waals surface area contributed by atoms with Gasteiger partial charge >= 0.3 is 0 Å². The van der Waals surface area contributed by atoms with E-state index < -0.39 is 0 Å². The summed E-state index contributed by atoms with van der Waals surface area (Å²) < 4.78 is 0.791. The van der Waals surface area contributed by atoms with E-state index in [2.05, 4.69) is 15.5 Å². The number of amides is 1. The predicted octanol–water partition coefficient (Wildman–Crippen LogP) is 2.25. The van der Waals surface area contributed by atoms with E-state index >= 15 is 0 Å². The first-order chi connectivity index (χ1) is 8.65. The number of nitrogens with one attached hydrogen (secondary N) is 1. The van der Waals surface area contributed by atoms with Gasteiger partial charge in [0.25, 0.3) is 0 Å². The monoisotopic (exact) mass is 286 g/mol. The number of nitrogens with zero attached hydrogens (tertiary/aromatic N) is 2. The van der Waals surface area contributed by atoms with E-state index in [0.717, 1.165) is 9.47 Å². The number of anilines is 1. The zero-order chi connectivity index (χ0) is 13.0. The summed E-state index contributed by atoms with van der Waals surface area (Å²) in [7, 11) is 0. The van der Waals surface area contributed by atoms with Gasteiger partial charge in [-0.05, 0) is 19.8 Å². The fraction of sp³-hybridized carbons (Fsp3) is 0.727. The number of aromatic nitrogens is 2. The van der Waals surface area contributed by atoms with E-state index in [0.29, 0.717) is 6.04 Å². The van der Waals surface area contributed by atoms with Crippen molar-refractivity contribution in [3.63, 3.8) is 0 Å². The molecule has 0 bridgehead atoms. The van der Waals surface area contributed by atoms with Crippen LogP contribution in [0.2, 0.25) is 0 Å². The fourth-order valence-electron chi connectivity index (χ4n) is 1.95. The molecule has 1 aliphatic carbocycles. The summed E-state index contributed by atoms with van der Waals surface area (Å²) in [6.07, 6.45) is 6.33. The largest absolute Gasteiger partial charge is 0.369 e. The summed E-state index contributed by atoms with van der Waals surface area (Å²) in [6, 6.07) is 0.526. The molecule has 1 aromatic rings. The van der Waals surface area contributed by atoms with Gasteiger partial charge in [-0.1, -0.05) is 42.4 Å². The number of thioether (sulfide) groups is 1. The molecule has 3 N–H and O–H groups in total. The zero-order valence-electron chi connectivity index (χ0n) is 10.4. The van der Waals surface area contributed by atoms with E-state index in [4.69, 9.17) is 5.73 Å². The Bertz CT molecular complexity index is 404. The van der Waals surface area contributed by atoms with Crippen LogP contribution >= 0.6 is 23.1 Å². The Hall–Kier alpha value is -0.820. The first kappa shape index (κ1) is 13.6. The lowest BCUT2D eigenvalue weighted by Gasteiger charge is -2.21. The second-order valence-corrected chi connectivity index (χ2v) is 7.08. The first-order valence-corrected chi connectivity index (χ1v) is 7.91. The maximum Gasteiger partial charge on any atom is 0.230 e. The van der Waals surface area contributed by atoms with Crippen LogP contribution in [-0.2, 0) is 4.79 Å². The lowest BCUT2D eigenvalue weighted by molar-refractivity contribution is -0.117. The third-order valence-corrected chi connectivity index (χ3v) is 5.07. The highest BCUT2D eigenvalue weighted by atomic mass is 32.2. The van der Waals surface area contributed by atoms with Crippen molar-refractivity contribution in [2.45, 2.75) is 54.7 Å². The van der Waals surface area contributed by atoms with Crippen LogP contribution in [0.3, 0.4) is 0 Å². The van der Waals surface area contributed by atoms with Crippen molar-refractivity contribution in [3.8, 4) is 0 Å². The molecule has 1 heterocycles. The van der Waals surface area contributed by atoms with Crippen LogP contribution in [0.4, 0.5) is 5.13 Å². The SMILES string of the molecule is C[C@@H](Sc1nnc(NC2CCCCC2)s1)C(N)=O. The Balaban J connectivity index is 1.87. The maximum absolute atomic E-state index is 11.0. The van der Waals surface area contributed by atoms with Gasteiger partial charge in [-0.25, -0.2) is 0 Å². The molecule has 2 rings (SSSR count). The smallest absolute Gasteiger partial charge is 0.230 e. The summed E-state index contributed by atoms with van der Waals surface area (Å²) in [5, 5.41) is 12.2. The van der Waals surface area contributed by atoms with E-state index in [-0.39, 0.29) is 11.2 Å². The Kier molecular flexibility index (Phi) is 4.82. The van der Waals surface area contributed by atoms with Crippen LogP contribution in [0.25, 0.3) is 0 Å². The number of carbonyl (C=O) groups is 1. The van der Waals surface area contributed by atoms with Crippen molar-refractivity contribution in [2.24, 2.45) is 5.73 Å². The Morgan fingerprint density at radius 3 is 2.83 bits per heavy atom. The molecule has 1 fully saturated rings. The number of carbonyl (C=O) groups excluding carboxylic acids is 1. The summed E-state index contributed by atoms with van der Waals surface area (Å²) in [6.45, 7) is 1.78. The van der Waals surface area contributed by atoms with Crippen molar-refractivity contribution < 1.29 is 4.79 Å². The van der Waals surface area contributed by atoms with E-state index in [1.165, 1.54) is 55.2 Å². The number of primary amides is 1. The van der Waals surface area contributed by atoms with Crippen LogP contribution in [0.1, 0.15) is 39.0 Å². The van der Waals surface area contributed by atoms with Crippen LogP contribution in [-0.4, -0.2) is 27.4 Å².